The highest BCUT2D eigenvalue weighted by molar-refractivity contribution is 6.13. The van der Waals surface area contributed by atoms with Gasteiger partial charge in [0.15, 0.2) is 0 Å². The molecule has 0 aromatic carbocycles. The predicted octanol–water partition coefficient (Wildman–Crippen LogP) is 1.06. The topological polar surface area (TPSA) is 72.6 Å². The van der Waals surface area contributed by atoms with Gasteiger partial charge in [0.25, 0.3) is 11.9 Å². The van der Waals surface area contributed by atoms with Crippen molar-refractivity contribution in [3.05, 3.63) is 45.6 Å². The third-order valence-corrected chi connectivity index (χ3v) is 2.29. The predicted molar refractivity (Wildman–Crippen MR) is 54.2 cm³/mol. The Kier molecular flexibility index (Phi) is 2.07. The molecule has 1 amide bonds. The van der Waals surface area contributed by atoms with Gasteiger partial charge in [-0.3, -0.25) is 14.9 Å². The fraction of sp³-hybridized carbons (Fsp3) is 0.200. The van der Waals surface area contributed by atoms with Crippen LogP contribution in [0, 0.1) is 10.1 Å². The Morgan fingerprint density at radius 3 is 2.93 bits per heavy atom. The van der Waals surface area contributed by atoms with E-state index in [0.29, 0.717) is 16.9 Å². The van der Waals surface area contributed by atoms with Gasteiger partial charge in [-0.25, -0.2) is 4.99 Å². The SMILES string of the molecule is CC1=NC(=O)C2=CC=CC([N+](=O)[O-])C2=C1. The number of carbonyl (C=O) groups excluding carboxylic acids is 1. The highest BCUT2D eigenvalue weighted by Crippen LogP contribution is 2.26. The molecule has 0 radical (unpaired) electrons. The first-order valence-corrected chi connectivity index (χ1v) is 4.43. The van der Waals surface area contributed by atoms with Crippen LogP contribution in [0.2, 0.25) is 0 Å². The van der Waals surface area contributed by atoms with Crippen molar-refractivity contribution in [3.63, 3.8) is 0 Å². The molecule has 1 heterocycles. The standard InChI is InChI=1S/C10H8N2O3/c1-6-5-8-7(10(13)11-6)3-2-4-9(8)12(14)15/h2-5,9H,1H3. The summed E-state index contributed by atoms with van der Waals surface area (Å²) in [5.41, 5.74) is 1.26. The Morgan fingerprint density at radius 2 is 2.27 bits per heavy atom. The van der Waals surface area contributed by atoms with Gasteiger partial charge in [0.2, 0.25) is 0 Å². The molecule has 5 heteroatoms. The van der Waals surface area contributed by atoms with E-state index in [0.717, 1.165) is 0 Å². The summed E-state index contributed by atoms with van der Waals surface area (Å²) in [6.45, 7) is 1.65. The number of allylic oxidation sites excluding steroid dienone is 3. The zero-order valence-corrected chi connectivity index (χ0v) is 8.01. The van der Waals surface area contributed by atoms with Crippen LogP contribution >= 0.6 is 0 Å². The maximum absolute atomic E-state index is 11.5. The first-order chi connectivity index (χ1) is 7.09. The third-order valence-electron chi connectivity index (χ3n) is 2.29. The normalized spacial score (nSPS) is 23.9. The summed E-state index contributed by atoms with van der Waals surface area (Å²) in [5.74, 6) is -0.402. The summed E-state index contributed by atoms with van der Waals surface area (Å²) in [6, 6.07) is -0.931. The first kappa shape index (κ1) is 9.51. The summed E-state index contributed by atoms with van der Waals surface area (Å²) in [4.78, 5) is 25.5. The molecule has 76 valence electrons. The largest absolute Gasteiger partial charge is 0.277 e. The molecule has 0 spiro atoms. The Morgan fingerprint density at radius 1 is 1.53 bits per heavy atom. The number of nitrogens with zero attached hydrogens (tertiary/aromatic N) is 2. The number of aliphatic imine (C=N–C) groups is 1. The molecule has 5 nitrogen and oxygen atoms in total. The van der Waals surface area contributed by atoms with Gasteiger partial charge < -0.3 is 0 Å². The molecule has 0 fully saturated rings. The summed E-state index contributed by atoms with van der Waals surface area (Å²) in [6.07, 6.45) is 6.13. The van der Waals surface area contributed by atoms with Crippen LogP contribution in [-0.2, 0) is 4.79 Å². The van der Waals surface area contributed by atoms with Crippen molar-refractivity contribution in [1.29, 1.82) is 0 Å². The average Bonchev–Trinajstić information content (AvgIpc) is 2.16. The zero-order chi connectivity index (χ0) is 11.0. The minimum absolute atomic E-state index is 0.324. The maximum Gasteiger partial charge on any atom is 0.277 e. The van der Waals surface area contributed by atoms with Crippen LogP contribution < -0.4 is 0 Å². The zero-order valence-electron chi connectivity index (χ0n) is 8.01. The lowest BCUT2D eigenvalue weighted by molar-refractivity contribution is -0.498. The number of rotatable bonds is 1. The van der Waals surface area contributed by atoms with Crippen LogP contribution in [0.3, 0.4) is 0 Å². The summed E-state index contributed by atoms with van der Waals surface area (Å²) in [5, 5.41) is 10.8. The van der Waals surface area contributed by atoms with Crippen molar-refractivity contribution in [2.24, 2.45) is 4.99 Å². The third kappa shape index (κ3) is 1.52. The van der Waals surface area contributed by atoms with Crippen molar-refractivity contribution < 1.29 is 9.72 Å². The van der Waals surface area contributed by atoms with E-state index >= 15 is 0 Å². The van der Waals surface area contributed by atoms with E-state index < -0.39 is 16.9 Å². The maximum atomic E-state index is 11.5. The number of fused-ring (bicyclic) bond motifs is 1. The molecule has 0 aromatic rings. The highest BCUT2D eigenvalue weighted by atomic mass is 16.6. The molecule has 0 bridgehead atoms. The van der Waals surface area contributed by atoms with E-state index in [1.807, 2.05) is 0 Å². The van der Waals surface area contributed by atoms with Gasteiger partial charge >= 0.3 is 0 Å². The molecule has 1 aliphatic heterocycles. The highest BCUT2D eigenvalue weighted by Gasteiger charge is 2.32. The molecule has 0 saturated heterocycles. The van der Waals surface area contributed by atoms with Gasteiger partial charge in [-0.1, -0.05) is 6.08 Å². The molecular weight excluding hydrogens is 196 g/mol. The molecule has 0 saturated carbocycles. The Hall–Kier alpha value is -2.04. The van der Waals surface area contributed by atoms with Crippen molar-refractivity contribution in [3.8, 4) is 0 Å². The monoisotopic (exact) mass is 204 g/mol. The lowest BCUT2D eigenvalue weighted by atomic mass is 9.90. The molecule has 2 rings (SSSR count). The Labute approximate surface area is 85.7 Å². The van der Waals surface area contributed by atoms with Crippen LogP contribution in [0.15, 0.2) is 40.4 Å². The summed E-state index contributed by atoms with van der Waals surface area (Å²) in [7, 11) is 0. The first-order valence-electron chi connectivity index (χ1n) is 4.43. The van der Waals surface area contributed by atoms with Gasteiger partial charge in [0, 0.05) is 16.2 Å². The quantitative estimate of drug-likeness (QED) is 0.473. The second-order valence-corrected chi connectivity index (χ2v) is 3.35. The molecular formula is C10H8N2O3. The summed E-state index contributed by atoms with van der Waals surface area (Å²) < 4.78 is 0. The van der Waals surface area contributed by atoms with E-state index in [1.165, 1.54) is 12.2 Å². The molecule has 2 aliphatic rings. The molecule has 1 aliphatic carbocycles. The van der Waals surface area contributed by atoms with Crippen molar-refractivity contribution >= 4 is 11.6 Å². The lowest BCUT2D eigenvalue weighted by Gasteiger charge is -2.17. The van der Waals surface area contributed by atoms with Crippen LogP contribution in [0.4, 0.5) is 0 Å². The van der Waals surface area contributed by atoms with Gasteiger partial charge in [0.05, 0.1) is 5.57 Å². The van der Waals surface area contributed by atoms with E-state index in [2.05, 4.69) is 4.99 Å². The number of carbonyl (C=O) groups is 1. The van der Waals surface area contributed by atoms with Gasteiger partial charge in [0.1, 0.15) is 0 Å². The van der Waals surface area contributed by atoms with Crippen molar-refractivity contribution in [1.82, 2.24) is 0 Å². The van der Waals surface area contributed by atoms with E-state index in [-0.39, 0.29) is 0 Å². The number of nitro groups is 1. The van der Waals surface area contributed by atoms with Crippen LogP contribution in [0.25, 0.3) is 0 Å². The van der Waals surface area contributed by atoms with Crippen LogP contribution in [0.5, 0.6) is 0 Å². The molecule has 0 N–H and O–H groups in total. The van der Waals surface area contributed by atoms with E-state index in [1.54, 1.807) is 19.1 Å². The fourth-order valence-electron chi connectivity index (χ4n) is 1.64. The molecule has 1 atom stereocenters. The minimum Gasteiger partial charge on any atom is -0.267 e. The Bertz CT molecular complexity index is 469. The van der Waals surface area contributed by atoms with Crippen LogP contribution in [0.1, 0.15) is 6.92 Å². The van der Waals surface area contributed by atoms with Gasteiger partial charge in [-0.05, 0) is 25.2 Å². The lowest BCUT2D eigenvalue weighted by Crippen LogP contribution is -2.27. The average molecular weight is 204 g/mol. The number of amides is 1. The van der Waals surface area contributed by atoms with Crippen molar-refractivity contribution in [2.45, 2.75) is 13.0 Å². The second kappa shape index (κ2) is 3.27. The molecule has 0 aromatic heterocycles. The van der Waals surface area contributed by atoms with Crippen LogP contribution in [-0.4, -0.2) is 22.6 Å². The van der Waals surface area contributed by atoms with Gasteiger partial charge in [-0.2, -0.15) is 0 Å². The van der Waals surface area contributed by atoms with Gasteiger partial charge in [-0.15, -0.1) is 0 Å². The molecule has 1 unspecified atom stereocenters. The second-order valence-electron chi connectivity index (χ2n) is 3.35. The van der Waals surface area contributed by atoms with E-state index in [9.17, 15) is 14.9 Å². The fourth-order valence-corrected chi connectivity index (χ4v) is 1.64. The summed E-state index contributed by atoms with van der Waals surface area (Å²) >= 11 is 0. The Balaban J connectivity index is 2.51. The minimum atomic E-state index is -0.931. The number of hydrogen-bond donors (Lipinski definition) is 0. The van der Waals surface area contributed by atoms with Crippen molar-refractivity contribution in [2.75, 3.05) is 0 Å². The number of dihydropyridines is 1. The number of hydrogen-bond acceptors (Lipinski definition) is 3. The van der Waals surface area contributed by atoms with E-state index in [4.69, 9.17) is 0 Å². The smallest absolute Gasteiger partial charge is 0.267 e. The molecule has 15 heavy (non-hydrogen) atoms.